The van der Waals surface area contributed by atoms with Crippen LogP contribution in [-0.4, -0.2) is 36.3 Å². The average Bonchev–Trinajstić information content (AvgIpc) is 2.87. The van der Waals surface area contributed by atoms with Crippen LogP contribution in [0.25, 0.3) is 0 Å². The van der Waals surface area contributed by atoms with Gasteiger partial charge in [-0.15, -0.1) is 0 Å². The van der Waals surface area contributed by atoms with E-state index in [0.29, 0.717) is 17.5 Å². The smallest absolute Gasteiger partial charge is 0.228 e. The molecule has 130 valence electrons. The van der Waals surface area contributed by atoms with Crippen molar-refractivity contribution in [2.45, 2.75) is 40.0 Å². The summed E-state index contributed by atoms with van der Waals surface area (Å²) in [7, 11) is 0. The van der Waals surface area contributed by atoms with E-state index in [1.807, 2.05) is 30.9 Å². The van der Waals surface area contributed by atoms with Crippen LogP contribution in [0, 0.1) is 25.7 Å². The maximum absolute atomic E-state index is 12.8. The monoisotopic (exact) mass is 348 g/mol. The van der Waals surface area contributed by atoms with Crippen LogP contribution in [0.2, 0.25) is 5.02 Å². The Morgan fingerprint density at radius 2 is 2.00 bits per heavy atom. The number of aryl methyl sites for hydroxylation is 2. The summed E-state index contributed by atoms with van der Waals surface area (Å²) in [4.78, 5) is 29.0. The minimum atomic E-state index is -0.250. The number of carbonyl (C=O) groups excluding carboxylic acids is 2. The highest BCUT2D eigenvalue weighted by Gasteiger charge is 2.39. The molecule has 1 aromatic rings. The number of hydrogen-bond donors (Lipinski definition) is 0. The molecule has 0 bridgehead atoms. The molecular formula is C19H25ClN2O2. The lowest BCUT2D eigenvalue weighted by Gasteiger charge is -2.32. The number of halogens is 1. The first kappa shape index (κ1) is 17.3. The molecule has 0 radical (unpaired) electrons. The van der Waals surface area contributed by atoms with Gasteiger partial charge in [0.15, 0.2) is 0 Å². The number of hydrogen-bond acceptors (Lipinski definition) is 2. The van der Waals surface area contributed by atoms with Gasteiger partial charge >= 0.3 is 0 Å². The lowest BCUT2D eigenvalue weighted by molar-refractivity contribution is -0.137. The number of amides is 2. The fourth-order valence-electron chi connectivity index (χ4n) is 3.99. The van der Waals surface area contributed by atoms with Gasteiger partial charge in [-0.1, -0.05) is 24.6 Å². The number of anilines is 1. The molecule has 0 aliphatic carbocycles. The van der Waals surface area contributed by atoms with Crippen LogP contribution >= 0.6 is 11.6 Å². The maximum Gasteiger partial charge on any atom is 0.228 e. The Kier molecular flexibility index (Phi) is 4.86. The SMILES string of the molecule is Cc1cc(C)c(N2CC(C(=O)N3CCCC(C)C3)CC2=O)c(Cl)c1. The Hall–Kier alpha value is -1.55. The highest BCUT2D eigenvalue weighted by molar-refractivity contribution is 6.34. The number of benzene rings is 1. The lowest BCUT2D eigenvalue weighted by atomic mass is 9.98. The summed E-state index contributed by atoms with van der Waals surface area (Å²) in [5.74, 6) is 0.412. The molecule has 1 aromatic carbocycles. The van der Waals surface area contributed by atoms with Crippen LogP contribution in [-0.2, 0) is 9.59 Å². The first-order chi connectivity index (χ1) is 11.4. The molecule has 2 amide bonds. The van der Waals surface area contributed by atoms with Crippen LogP contribution in [0.5, 0.6) is 0 Å². The van der Waals surface area contributed by atoms with Crippen LogP contribution < -0.4 is 4.90 Å². The van der Waals surface area contributed by atoms with E-state index >= 15 is 0 Å². The summed E-state index contributed by atoms with van der Waals surface area (Å²) >= 11 is 6.39. The second kappa shape index (κ2) is 6.75. The molecule has 0 saturated carbocycles. The normalized spacial score (nSPS) is 24.6. The van der Waals surface area contributed by atoms with Gasteiger partial charge in [0.25, 0.3) is 0 Å². The van der Waals surface area contributed by atoms with E-state index in [1.54, 1.807) is 4.90 Å². The second-order valence-corrected chi connectivity index (χ2v) is 7.76. The largest absolute Gasteiger partial charge is 0.342 e. The number of carbonyl (C=O) groups is 2. The minimum Gasteiger partial charge on any atom is -0.342 e. The minimum absolute atomic E-state index is 0.00717. The van der Waals surface area contributed by atoms with E-state index in [1.165, 1.54) is 6.42 Å². The van der Waals surface area contributed by atoms with Crippen molar-refractivity contribution in [3.05, 3.63) is 28.3 Å². The van der Waals surface area contributed by atoms with E-state index in [4.69, 9.17) is 11.6 Å². The Balaban J connectivity index is 1.78. The van der Waals surface area contributed by atoms with E-state index < -0.39 is 0 Å². The average molecular weight is 349 g/mol. The molecule has 2 saturated heterocycles. The summed E-state index contributed by atoms with van der Waals surface area (Å²) in [6.45, 7) is 8.19. The predicted octanol–water partition coefficient (Wildman–Crippen LogP) is 3.57. The summed E-state index contributed by atoms with van der Waals surface area (Å²) < 4.78 is 0. The molecule has 2 atom stereocenters. The third-order valence-electron chi connectivity index (χ3n) is 5.11. The molecular weight excluding hydrogens is 324 g/mol. The molecule has 2 aliphatic heterocycles. The quantitative estimate of drug-likeness (QED) is 0.819. The van der Waals surface area contributed by atoms with Crippen molar-refractivity contribution in [2.75, 3.05) is 24.5 Å². The van der Waals surface area contributed by atoms with Gasteiger partial charge in [-0.3, -0.25) is 9.59 Å². The molecule has 0 N–H and O–H groups in total. The Labute approximate surface area is 148 Å². The van der Waals surface area contributed by atoms with Gasteiger partial charge in [0.2, 0.25) is 11.8 Å². The van der Waals surface area contributed by atoms with Crippen molar-refractivity contribution >= 4 is 29.1 Å². The van der Waals surface area contributed by atoms with Gasteiger partial charge in [0, 0.05) is 26.1 Å². The van der Waals surface area contributed by atoms with E-state index in [0.717, 1.165) is 36.3 Å². The first-order valence-electron chi connectivity index (χ1n) is 8.72. The van der Waals surface area contributed by atoms with E-state index in [2.05, 4.69) is 6.92 Å². The summed E-state index contributed by atoms with van der Waals surface area (Å²) in [5.41, 5.74) is 2.81. The second-order valence-electron chi connectivity index (χ2n) is 7.35. The zero-order valence-electron chi connectivity index (χ0n) is 14.6. The van der Waals surface area contributed by atoms with Crippen molar-refractivity contribution in [1.29, 1.82) is 0 Å². The highest BCUT2D eigenvalue weighted by Crippen LogP contribution is 2.35. The summed E-state index contributed by atoms with van der Waals surface area (Å²) in [5, 5.41) is 0.584. The van der Waals surface area contributed by atoms with E-state index in [9.17, 15) is 9.59 Å². The zero-order chi connectivity index (χ0) is 17.4. The number of rotatable bonds is 2. The van der Waals surface area contributed by atoms with Gasteiger partial charge in [0.05, 0.1) is 16.6 Å². The molecule has 4 nitrogen and oxygen atoms in total. The Morgan fingerprint density at radius 1 is 1.25 bits per heavy atom. The van der Waals surface area contributed by atoms with Crippen molar-refractivity contribution in [2.24, 2.45) is 11.8 Å². The molecule has 0 aromatic heterocycles. The molecule has 0 spiro atoms. The molecule has 24 heavy (non-hydrogen) atoms. The van der Waals surface area contributed by atoms with Crippen LogP contribution in [0.4, 0.5) is 5.69 Å². The highest BCUT2D eigenvalue weighted by atomic mass is 35.5. The maximum atomic E-state index is 12.8. The van der Waals surface area contributed by atoms with Crippen molar-refractivity contribution in [3.63, 3.8) is 0 Å². The van der Waals surface area contributed by atoms with Gasteiger partial charge in [0.1, 0.15) is 0 Å². The van der Waals surface area contributed by atoms with Crippen molar-refractivity contribution < 1.29 is 9.59 Å². The van der Waals surface area contributed by atoms with E-state index in [-0.39, 0.29) is 24.2 Å². The van der Waals surface area contributed by atoms with Gasteiger partial charge in [-0.05, 0) is 49.8 Å². The number of nitrogens with zero attached hydrogens (tertiary/aromatic N) is 2. The number of piperidine rings is 1. The van der Waals surface area contributed by atoms with Gasteiger partial charge < -0.3 is 9.80 Å². The number of likely N-dealkylation sites (tertiary alicyclic amines) is 1. The standard InChI is InChI=1S/C19H25ClN2O2/c1-12-5-4-6-21(10-12)19(24)15-9-17(23)22(11-15)18-14(3)7-13(2)8-16(18)20/h7-8,12,15H,4-6,9-11H2,1-3H3. The van der Waals surface area contributed by atoms with Crippen LogP contribution in [0.3, 0.4) is 0 Å². The summed E-state index contributed by atoms with van der Waals surface area (Å²) in [6.07, 6.45) is 2.52. The first-order valence-corrected chi connectivity index (χ1v) is 9.10. The molecule has 2 aliphatic rings. The summed E-state index contributed by atoms with van der Waals surface area (Å²) in [6, 6.07) is 3.90. The fraction of sp³-hybridized carbons (Fsp3) is 0.579. The molecule has 2 heterocycles. The van der Waals surface area contributed by atoms with Crippen LogP contribution in [0.15, 0.2) is 12.1 Å². The van der Waals surface area contributed by atoms with Gasteiger partial charge in [-0.25, -0.2) is 0 Å². The predicted molar refractivity (Wildman–Crippen MR) is 96.4 cm³/mol. The molecule has 2 unspecified atom stereocenters. The third kappa shape index (κ3) is 3.30. The van der Waals surface area contributed by atoms with Crippen LogP contribution in [0.1, 0.15) is 37.3 Å². The molecule has 3 rings (SSSR count). The van der Waals surface area contributed by atoms with Crippen molar-refractivity contribution in [1.82, 2.24) is 4.90 Å². The Morgan fingerprint density at radius 3 is 2.67 bits per heavy atom. The molecule has 2 fully saturated rings. The zero-order valence-corrected chi connectivity index (χ0v) is 15.4. The van der Waals surface area contributed by atoms with Gasteiger partial charge in [-0.2, -0.15) is 0 Å². The Bertz CT molecular complexity index is 650. The fourth-order valence-corrected chi connectivity index (χ4v) is 4.41. The topological polar surface area (TPSA) is 40.6 Å². The molecule has 5 heteroatoms. The lowest BCUT2D eigenvalue weighted by Crippen LogP contribution is -2.43. The third-order valence-corrected chi connectivity index (χ3v) is 5.40. The van der Waals surface area contributed by atoms with Crippen molar-refractivity contribution in [3.8, 4) is 0 Å².